The molecule has 0 amide bonds. The van der Waals surface area contributed by atoms with Crippen LogP contribution in [0.1, 0.15) is 55.7 Å². The molecular formula is C15H25NS. The van der Waals surface area contributed by atoms with E-state index in [1.807, 2.05) is 11.3 Å². The molecule has 1 aromatic rings. The van der Waals surface area contributed by atoms with E-state index < -0.39 is 0 Å². The van der Waals surface area contributed by atoms with Gasteiger partial charge in [0, 0.05) is 15.8 Å². The Morgan fingerprint density at radius 2 is 1.88 bits per heavy atom. The normalized spacial score (nSPS) is 20.6. The standard InChI is InChI=1S/C15H25NS/c1-3-12-7-8-13(17-12)11-14(16)15(4-2)9-5-6-10-15/h7-8,14H,3-6,9-11,16H2,1-2H3. The van der Waals surface area contributed by atoms with E-state index in [-0.39, 0.29) is 0 Å². The van der Waals surface area contributed by atoms with Crippen LogP contribution < -0.4 is 5.73 Å². The SMILES string of the molecule is CCc1ccc(CC(N)C2(CC)CCCC2)s1. The summed E-state index contributed by atoms with van der Waals surface area (Å²) in [5, 5.41) is 0. The Balaban J connectivity index is 2.02. The summed E-state index contributed by atoms with van der Waals surface area (Å²) in [6.07, 6.45) is 8.93. The molecule has 0 bridgehead atoms. The smallest absolute Gasteiger partial charge is 0.0144 e. The Labute approximate surface area is 109 Å². The van der Waals surface area contributed by atoms with Crippen LogP contribution in [0.2, 0.25) is 0 Å². The van der Waals surface area contributed by atoms with E-state index in [1.54, 1.807) is 0 Å². The highest BCUT2D eigenvalue weighted by atomic mass is 32.1. The maximum atomic E-state index is 6.51. The molecule has 2 N–H and O–H groups in total. The molecule has 1 saturated carbocycles. The van der Waals surface area contributed by atoms with Crippen LogP contribution in [0.25, 0.3) is 0 Å². The Morgan fingerprint density at radius 1 is 1.24 bits per heavy atom. The molecule has 2 rings (SSSR count). The van der Waals surface area contributed by atoms with Gasteiger partial charge in [-0.2, -0.15) is 0 Å². The van der Waals surface area contributed by atoms with Crippen molar-refractivity contribution in [3.05, 3.63) is 21.9 Å². The van der Waals surface area contributed by atoms with Gasteiger partial charge in [0.25, 0.3) is 0 Å². The summed E-state index contributed by atoms with van der Waals surface area (Å²) in [6.45, 7) is 4.54. The third kappa shape index (κ3) is 2.74. The molecule has 0 spiro atoms. The van der Waals surface area contributed by atoms with Crippen LogP contribution in [0, 0.1) is 5.41 Å². The quantitative estimate of drug-likeness (QED) is 0.836. The highest BCUT2D eigenvalue weighted by molar-refractivity contribution is 7.11. The van der Waals surface area contributed by atoms with E-state index in [9.17, 15) is 0 Å². The minimum absolute atomic E-state index is 0.360. The fourth-order valence-corrected chi connectivity index (χ4v) is 4.24. The van der Waals surface area contributed by atoms with Gasteiger partial charge in [-0.3, -0.25) is 0 Å². The minimum atomic E-state index is 0.360. The number of rotatable bonds is 5. The lowest BCUT2D eigenvalue weighted by molar-refractivity contribution is 0.219. The second-order valence-electron chi connectivity index (χ2n) is 5.46. The molecule has 0 aromatic carbocycles. The lowest BCUT2D eigenvalue weighted by Crippen LogP contribution is -2.40. The Morgan fingerprint density at radius 3 is 2.41 bits per heavy atom. The second kappa shape index (κ2) is 5.53. The maximum Gasteiger partial charge on any atom is 0.0144 e. The molecule has 1 heterocycles. The van der Waals surface area contributed by atoms with Gasteiger partial charge in [0.15, 0.2) is 0 Å². The van der Waals surface area contributed by atoms with Gasteiger partial charge < -0.3 is 5.73 Å². The van der Waals surface area contributed by atoms with Gasteiger partial charge in [-0.25, -0.2) is 0 Å². The summed E-state index contributed by atoms with van der Waals surface area (Å²) in [5.74, 6) is 0. The molecule has 0 saturated heterocycles. The van der Waals surface area contributed by atoms with Crippen molar-refractivity contribution in [3.63, 3.8) is 0 Å². The number of thiophene rings is 1. The molecule has 17 heavy (non-hydrogen) atoms. The average molecular weight is 251 g/mol. The van der Waals surface area contributed by atoms with E-state index in [2.05, 4.69) is 26.0 Å². The predicted octanol–water partition coefficient (Wildman–Crippen LogP) is 4.15. The third-order valence-electron chi connectivity index (χ3n) is 4.58. The highest BCUT2D eigenvalue weighted by Gasteiger charge is 2.37. The largest absolute Gasteiger partial charge is 0.327 e. The van der Waals surface area contributed by atoms with Crippen molar-refractivity contribution < 1.29 is 0 Å². The number of hydrogen-bond donors (Lipinski definition) is 1. The molecule has 96 valence electrons. The van der Waals surface area contributed by atoms with Crippen LogP contribution in [0.4, 0.5) is 0 Å². The summed E-state index contributed by atoms with van der Waals surface area (Å²) < 4.78 is 0. The lowest BCUT2D eigenvalue weighted by Gasteiger charge is -2.34. The first-order valence-corrected chi connectivity index (χ1v) is 7.85. The van der Waals surface area contributed by atoms with Crippen molar-refractivity contribution in [3.8, 4) is 0 Å². The van der Waals surface area contributed by atoms with Crippen molar-refractivity contribution in [2.45, 2.75) is 64.8 Å². The topological polar surface area (TPSA) is 26.0 Å². The van der Waals surface area contributed by atoms with E-state index in [1.165, 1.54) is 41.9 Å². The van der Waals surface area contributed by atoms with Crippen molar-refractivity contribution >= 4 is 11.3 Å². The zero-order valence-corrected chi connectivity index (χ0v) is 12.0. The first kappa shape index (κ1) is 13.1. The summed E-state index contributed by atoms with van der Waals surface area (Å²) in [7, 11) is 0. The molecule has 1 aromatic heterocycles. The van der Waals surface area contributed by atoms with Crippen LogP contribution in [0.15, 0.2) is 12.1 Å². The van der Waals surface area contributed by atoms with Crippen LogP contribution in [-0.4, -0.2) is 6.04 Å². The lowest BCUT2D eigenvalue weighted by atomic mass is 9.75. The zero-order valence-electron chi connectivity index (χ0n) is 11.2. The molecule has 1 nitrogen and oxygen atoms in total. The van der Waals surface area contributed by atoms with E-state index in [4.69, 9.17) is 5.73 Å². The molecule has 0 aliphatic heterocycles. The van der Waals surface area contributed by atoms with Crippen LogP contribution in [0.5, 0.6) is 0 Å². The Hall–Kier alpha value is -0.340. The highest BCUT2D eigenvalue weighted by Crippen LogP contribution is 2.44. The second-order valence-corrected chi connectivity index (χ2v) is 6.71. The van der Waals surface area contributed by atoms with E-state index in [0.717, 1.165) is 12.8 Å². The molecular weight excluding hydrogens is 226 g/mol. The molecule has 1 aliphatic rings. The summed E-state index contributed by atoms with van der Waals surface area (Å²) >= 11 is 1.95. The molecule has 1 aliphatic carbocycles. The van der Waals surface area contributed by atoms with Crippen LogP contribution in [0.3, 0.4) is 0 Å². The van der Waals surface area contributed by atoms with E-state index in [0.29, 0.717) is 11.5 Å². The first-order valence-electron chi connectivity index (χ1n) is 7.03. The van der Waals surface area contributed by atoms with Gasteiger partial charge >= 0.3 is 0 Å². The molecule has 1 fully saturated rings. The molecule has 1 atom stereocenters. The number of aryl methyl sites for hydroxylation is 1. The molecule has 0 radical (unpaired) electrons. The molecule has 2 heteroatoms. The molecule has 1 unspecified atom stereocenters. The minimum Gasteiger partial charge on any atom is -0.327 e. The van der Waals surface area contributed by atoms with Gasteiger partial charge in [0.1, 0.15) is 0 Å². The van der Waals surface area contributed by atoms with Crippen LogP contribution in [-0.2, 0) is 12.8 Å². The van der Waals surface area contributed by atoms with Crippen LogP contribution >= 0.6 is 11.3 Å². The number of nitrogens with two attached hydrogens (primary N) is 1. The average Bonchev–Trinajstić information content (AvgIpc) is 2.97. The summed E-state index contributed by atoms with van der Waals surface area (Å²) in [4.78, 5) is 2.97. The van der Waals surface area contributed by atoms with E-state index >= 15 is 0 Å². The van der Waals surface area contributed by atoms with Gasteiger partial charge in [-0.1, -0.05) is 26.7 Å². The monoisotopic (exact) mass is 251 g/mol. The summed E-state index contributed by atoms with van der Waals surface area (Å²) in [6, 6.07) is 4.90. The zero-order chi connectivity index (χ0) is 12.3. The van der Waals surface area contributed by atoms with Gasteiger partial charge in [-0.15, -0.1) is 11.3 Å². The van der Waals surface area contributed by atoms with Gasteiger partial charge in [0.2, 0.25) is 0 Å². The first-order chi connectivity index (χ1) is 8.20. The van der Waals surface area contributed by atoms with Crippen molar-refractivity contribution in [1.82, 2.24) is 0 Å². The van der Waals surface area contributed by atoms with Crippen molar-refractivity contribution in [2.75, 3.05) is 0 Å². The fraction of sp³-hybridized carbons (Fsp3) is 0.733. The Bertz CT molecular complexity index is 350. The Kier molecular flexibility index (Phi) is 4.26. The fourth-order valence-electron chi connectivity index (χ4n) is 3.22. The van der Waals surface area contributed by atoms with Crippen molar-refractivity contribution in [2.24, 2.45) is 11.1 Å². The van der Waals surface area contributed by atoms with Gasteiger partial charge in [-0.05, 0) is 49.7 Å². The van der Waals surface area contributed by atoms with Crippen molar-refractivity contribution in [1.29, 1.82) is 0 Å². The maximum absolute atomic E-state index is 6.51. The third-order valence-corrected chi connectivity index (χ3v) is 5.83. The summed E-state index contributed by atoms with van der Waals surface area (Å²) in [5.41, 5.74) is 6.95. The number of hydrogen-bond acceptors (Lipinski definition) is 2. The van der Waals surface area contributed by atoms with Gasteiger partial charge in [0.05, 0.1) is 0 Å². The predicted molar refractivity (Wildman–Crippen MR) is 76.6 cm³/mol.